The molecule has 0 nitrogen and oxygen atoms in total. The molecule has 0 aliphatic heterocycles. The first-order valence-electron chi connectivity index (χ1n) is 1.91. The van der Waals surface area contributed by atoms with E-state index in [4.69, 9.17) is 0 Å². The monoisotopic (exact) mass is 119 g/mol. The Hall–Kier alpha value is 0.480. The summed E-state index contributed by atoms with van der Waals surface area (Å²) in [5.41, 5.74) is 0. The molecule has 3 radical (unpaired) electrons. The molecular weight excluding hydrogens is 112 g/mol. The predicted octanol–water partition coefficient (Wildman–Crippen LogP) is 1.35. The third-order valence-corrected chi connectivity index (χ3v) is 0.607. The largest absolute Gasteiger partial charge is 0.0622 e. The quantitative estimate of drug-likeness (QED) is 0.452. The maximum atomic E-state index is 2.89. The zero-order valence-corrected chi connectivity index (χ0v) is 6.30. The summed E-state index contributed by atoms with van der Waals surface area (Å²) >= 11 is 0. The van der Waals surface area contributed by atoms with E-state index in [1.807, 2.05) is 30.3 Å². The van der Waals surface area contributed by atoms with Crippen LogP contribution in [0.25, 0.3) is 0 Å². The zero-order valence-electron chi connectivity index (χ0n) is 4.09. The van der Waals surface area contributed by atoms with Crippen molar-refractivity contribution in [1.29, 1.82) is 0 Å². The van der Waals surface area contributed by atoms with Crippen molar-refractivity contribution >= 4 is 37.7 Å². The van der Waals surface area contributed by atoms with Gasteiger partial charge in [0.1, 0.15) is 0 Å². The van der Waals surface area contributed by atoms with Gasteiger partial charge in [0, 0.05) is 39.2 Å². The molecular formula is C6H7Ca. The van der Waals surface area contributed by atoms with Crippen LogP contribution in [0.1, 0.15) is 1.43 Å². The van der Waals surface area contributed by atoms with Crippen molar-refractivity contribution in [3.05, 3.63) is 36.4 Å². The van der Waals surface area contributed by atoms with Crippen molar-refractivity contribution in [3.8, 4) is 0 Å². The van der Waals surface area contributed by atoms with Gasteiger partial charge < -0.3 is 0 Å². The molecule has 0 heterocycles. The standard InChI is InChI=1S/C6H5.Ca.H2/c1-2-4-6-5-3-1;;/h1-5H;;1H. The fraction of sp³-hybridized carbons (Fsp3) is 0. The molecule has 0 atom stereocenters. The molecule has 7 heavy (non-hydrogen) atoms. The summed E-state index contributed by atoms with van der Waals surface area (Å²) in [5, 5.41) is 0. The third kappa shape index (κ3) is 3.10. The zero-order chi connectivity index (χ0) is 4.24. The predicted molar refractivity (Wildman–Crippen MR) is 33.1 cm³/mol. The molecule has 0 fully saturated rings. The molecule has 0 spiro atoms. The average molecular weight is 119 g/mol. The van der Waals surface area contributed by atoms with E-state index < -0.39 is 0 Å². The van der Waals surface area contributed by atoms with Crippen LogP contribution in [0.2, 0.25) is 0 Å². The van der Waals surface area contributed by atoms with Gasteiger partial charge in [-0.2, -0.15) is 0 Å². The molecule has 33 valence electrons. The van der Waals surface area contributed by atoms with Crippen LogP contribution in [0.4, 0.5) is 0 Å². The van der Waals surface area contributed by atoms with Gasteiger partial charge in [-0.15, -0.1) is 0 Å². The summed E-state index contributed by atoms with van der Waals surface area (Å²) < 4.78 is 0. The molecule has 0 saturated heterocycles. The van der Waals surface area contributed by atoms with Crippen LogP contribution in [0.15, 0.2) is 30.3 Å². The van der Waals surface area contributed by atoms with Crippen molar-refractivity contribution in [2.24, 2.45) is 0 Å². The second-order valence-electron chi connectivity index (χ2n) is 1.08. The van der Waals surface area contributed by atoms with Crippen LogP contribution in [0.5, 0.6) is 0 Å². The number of hydrogen-bond donors (Lipinski definition) is 0. The molecule has 0 N–H and O–H groups in total. The SMILES string of the molecule is [Ca].[HH].[c]1ccccc1. The molecule has 0 amide bonds. The van der Waals surface area contributed by atoms with E-state index in [1.54, 1.807) is 0 Å². The molecule has 1 heteroatoms. The summed E-state index contributed by atoms with van der Waals surface area (Å²) in [6.45, 7) is 0. The molecule has 0 aliphatic rings. The van der Waals surface area contributed by atoms with E-state index in [2.05, 4.69) is 6.07 Å². The normalized spacial score (nSPS) is 6.86. The number of rotatable bonds is 0. The van der Waals surface area contributed by atoms with Gasteiger partial charge in [0.15, 0.2) is 0 Å². The van der Waals surface area contributed by atoms with E-state index in [0.717, 1.165) is 0 Å². The van der Waals surface area contributed by atoms with Gasteiger partial charge in [-0.25, -0.2) is 0 Å². The molecule has 0 unspecified atom stereocenters. The Morgan fingerprint density at radius 2 is 1.57 bits per heavy atom. The Morgan fingerprint density at radius 3 is 1.71 bits per heavy atom. The Labute approximate surface area is 75.0 Å². The number of hydrogen-bond acceptors (Lipinski definition) is 0. The van der Waals surface area contributed by atoms with Gasteiger partial charge in [0.2, 0.25) is 0 Å². The van der Waals surface area contributed by atoms with Crippen LogP contribution >= 0.6 is 0 Å². The fourth-order valence-electron chi connectivity index (χ4n) is 0.342. The van der Waals surface area contributed by atoms with Crippen LogP contribution in [-0.2, 0) is 0 Å². The third-order valence-electron chi connectivity index (χ3n) is 0.607. The van der Waals surface area contributed by atoms with Gasteiger partial charge in [0.25, 0.3) is 0 Å². The van der Waals surface area contributed by atoms with E-state index in [0.29, 0.717) is 0 Å². The minimum absolute atomic E-state index is 0. The molecule has 0 bridgehead atoms. The first-order valence-corrected chi connectivity index (χ1v) is 1.91. The first-order chi connectivity index (χ1) is 3.00. The Morgan fingerprint density at radius 1 is 1.00 bits per heavy atom. The molecule has 1 aromatic rings. The minimum atomic E-state index is 0. The van der Waals surface area contributed by atoms with Gasteiger partial charge in [0.05, 0.1) is 0 Å². The Kier molecular flexibility index (Phi) is 4.95. The van der Waals surface area contributed by atoms with Crippen LogP contribution < -0.4 is 0 Å². The van der Waals surface area contributed by atoms with Gasteiger partial charge in [-0.1, -0.05) is 30.3 Å². The summed E-state index contributed by atoms with van der Waals surface area (Å²) in [6.07, 6.45) is 0. The Bertz CT molecular complexity index is 80.5. The summed E-state index contributed by atoms with van der Waals surface area (Å²) in [7, 11) is 0. The van der Waals surface area contributed by atoms with Crippen molar-refractivity contribution in [3.63, 3.8) is 0 Å². The first kappa shape index (κ1) is 7.48. The van der Waals surface area contributed by atoms with Crippen molar-refractivity contribution in [2.75, 3.05) is 0 Å². The minimum Gasteiger partial charge on any atom is -0.0622 e. The maximum absolute atomic E-state index is 2.89. The second kappa shape index (κ2) is 4.63. The van der Waals surface area contributed by atoms with Gasteiger partial charge in [-0.05, 0) is 6.07 Å². The Balaban J connectivity index is 0. The second-order valence-corrected chi connectivity index (χ2v) is 1.08. The van der Waals surface area contributed by atoms with Crippen LogP contribution in [0, 0.1) is 6.07 Å². The van der Waals surface area contributed by atoms with Crippen molar-refractivity contribution in [1.82, 2.24) is 0 Å². The summed E-state index contributed by atoms with van der Waals surface area (Å²) in [5.74, 6) is 0. The molecule has 0 aromatic heterocycles. The van der Waals surface area contributed by atoms with Crippen molar-refractivity contribution < 1.29 is 1.43 Å². The molecule has 0 saturated carbocycles. The summed E-state index contributed by atoms with van der Waals surface area (Å²) in [6, 6.07) is 12.5. The molecule has 0 aliphatic carbocycles. The van der Waals surface area contributed by atoms with E-state index >= 15 is 0 Å². The van der Waals surface area contributed by atoms with E-state index in [-0.39, 0.29) is 39.2 Å². The maximum Gasteiger partial charge on any atom is 0 e. The van der Waals surface area contributed by atoms with Crippen LogP contribution in [0.3, 0.4) is 0 Å². The molecule has 1 rings (SSSR count). The summed E-state index contributed by atoms with van der Waals surface area (Å²) in [4.78, 5) is 0. The number of benzene rings is 1. The molecule has 1 aromatic carbocycles. The van der Waals surface area contributed by atoms with E-state index in [1.165, 1.54) is 0 Å². The van der Waals surface area contributed by atoms with E-state index in [9.17, 15) is 0 Å². The fourth-order valence-corrected chi connectivity index (χ4v) is 0.342. The van der Waals surface area contributed by atoms with Gasteiger partial charge >= 0.3 is 0 Å². The van der Waals surface area contributed by atoms with Crippen LogP contribution in [-0.4, -0.2) is 37.7 Å². The average Bonchev–Trinajstić information content (AvgIpc) is 1.72. The smallest absolute Gasteiger partial charge is 0 e. The van der Waals surface area contributed by atoms with Gasteiger partial charge in [-0.3, -0.25) is 0 Å². The topological polar surface area (TPSA) is 0 Å². The van der Waals surface area contributed by atoms with Crippen molar-refractivity contribution in [2.45, 2.75) is 0 Å².